The average molecular weight is 186 g/mol. The van der Waals surface area contributed by atoms with Gasteiger partial charge in [0.15, 0.2) is 0 Å². The van der Waals surface area contributed by atoms with Crippen molar-refractivity contribution in [3.05, 3.63) is 0 Å². The lowest BCUT2D eigenvalue weighted by atomic mass is 10.3. The molecule has 1 fully saturated rings. The smallest absolute Gasteiger partial charge is 0.140 e. The Morgan fingerprint density at radius 3 is 2.54 bits per heavy atom. The molecule has 0 amide bonds. The highest BCUT2D eigenvalue weighted by atomic mass is 16.4. The van der Waals surface area contributed by atoms with Gasteiger partial charge in [0, 0.05) is 39.1 Å². The maximum absolute atomic E-state index is 8.34. The fraction of sp³-hybridized carbons (Fsp3) is 0.875. The van der Waals surface area contributed by atoms with E-state index in [1.165, 1.54) is 0 Å². The first-order chi connectivity index (χ1) is 6.22. The highest BCUT2D eigenvalue weighted by Crippen LogP contribution is 1.99. The molecule has 1 rings (SSSR count). The minimum absolute atomic E-state index is 0.318. The minimum atomic E-state index is 0.318. The zero-order chi connectivity index (χ0) is 9.68. The van der Waals surface area contributed by atoms with Crippen LogP contribution in [0.2, 0.25) is 0 Å². The van der Waals surface area contributed by atoms with Crippen LogP contribution < -0.4 is 5.73 Å². The molecular formula is C8H18N4O. The van der Waals surface area contributed by atoms with Crippen LogP contribution in [0, 0.1) is 0 Å². The molecule has 5 heteroatoms. The van der Waals surface area contributed by atoms with Crippen LogP contribution in [0.3, 0.4) is 0 Å². The fourth-order valence-electron chi connectivity index (χ4n) is 1.39. The van der Waals surface area contributed by atoms with Crippen molar-refractivity contribution in [2.75, 3.05) is 39.8 Å². The Morgan fingerprint density at radius 2 is 2.00 bits per heavy atom. The number of hydrogen-bond donors (Lipinski definition) is 2. The van der Waals surface area contributed by atoms with Crippen LogP contribution >= 0.6 is 0 Å². The number of nitrogens with zero attached hydrogens (tertiary/aromatic N) is 3. The highest BCUT2D eigenvalue weighted by Gasteiger charge is 2.13. The molecule has 0 radical (unpaired) electrons. The first-order valence-electron chi connectivity index (χ1n) is 4.59. The summed E-state index contributed by atoms with van der Waals surface area (Å²) in [5, 5.41) is 11.3. The van der Waals surface area contributed by atoms with E-state index in [1.54, 1.807) is 0 Å². The monoisotopic (exact) mass is 186 g/mol. The van der Waals surface area contributed by atoms with Crippen LogP contribution in [-0.4, -0.2) is 60.6 Å². The fourth-order valence-corrected chi connectivity index (χ4v) is 1.39. The highest BCUT2D eigenvalue weighted by molar-refractivity contribution is 5.79. The van der Waals surface area contributed by atoms with Gasteiger partial charge in [0.1, 0.15) is 5.84 Å². The van der Waals surface area contributed by atoms with Crippen molar-refractivity contribution in [1.29, 1.82) is 0 Å². The number of piperazine rings is 1. The van der Waals surface area contributed by atoms with Gasteiger partial charge in [-0.1, -0.05) is 5.16 Å². The number of rotatable bonds is 3. The van der Waals surface area contributed by atoms with Crippen molar-refractivity contribution in [2.24, 2.45) is 10.9 Å². The van der Waals surface area contributed by atoms with E-state index in [-0.39, 0.29) is 0 Å². The molecule has 1 saturated heterocycles. The Labute approximate surface area is 78.8 Å². The van der Waals surface area contributed by atoms with Crippen LogP contribution in [0.5, 0.6) is 0 Å². The average Bonchev–Trinajstić information content (AvgIpc) is 2.16. The molecular weight excluding hydrogens is 168 g/mol. The predicted octanol–water partition coefficient (Wildman–Crippen LogP) is -0.630. The molecule has 0 aromatic carbocycles. The maximum Gasteiger partial charge on any atom is 0.140 e. The summed E-state index contributed by atoms with van der Waals surface area (Å²) in [5.41, 5.74) is 5.38. The van der Waals surface area contributed by atoms with E-state index in [0.29, 0.717) is 12.3 Å². The van der Waals surface area contributed by atoms with Crippen LogP contribution in [0.4, 0.5) is 0 Å². The maximum atomic E-state index is 8.34. The van der Waals surface area contributed by atoms with E-state index in [2.05, 4.69) is 22.0 Å². The van der Waals surface area contributed by atoms with Crippen LogP contribution in [0.25, 0.3) is 0 Å². The molecule has 0 aliphatic carbocycles. The van der Waals surface area contributed by atoms with Crippen molar-refractivity contribution in [2.45, 2.75) is 6.42 Å². The van der Waals surface area contributed by atoms with Crippen molar-refractivity contribution in [3.8, 4) is 0 Å². The molecule has 76 valence electrons. The first-order valence-corrected chi connectivity index (χ1v) is 4.59. The molecule has 13 heavy (non-hydrogen) atoms. The van der Waals surface area contributed by atoms with Gasteiger partial charge in [-0.3, -0.25) is 0 Å². The molecule has 0 saturated carbocycles. The van der Waals surface area contributed by atoms with Gasteiger partial charge in [-0.15, -0.1) is 0 Å². The summed E-state index contributed by atoms with van der Waals surface area (Å²) in [6.45, 7) is 5.26. The number of hydrogen-bond acceptors (Lipinski definition) is 4. The third-order valence-corrected chi connectivity index (χ3v) is 2.41. The molecule has 3 N–H and O–H groups in total. The van der Waals surface area contributed by atoms with Gasteiger partial charge in [0.25, 0.3) is 0 Å². The molecule has 0 unspecified atom stereocenters. The summed E-state index contributed by atoms with van der Waals surface area (Å²) in [7, 11) is 2.13. The minimum Gasteiger partial charge on any atom is -0.409 e. The van der Waals surface area contributed by atoms with Crippen molar-refractivity contribution < 1.29 is 5.21 Å². The Bertz CT molecular complexity index is 175. The zero-order valence-electron chi connectivity index (χ0n) is 8.11. The van der Waals surface area contributed by atoms with E-state index in [1.807, 2.05) is 0 Å². The quantitative estimate of drug-likeness (QED) is 0.266. The standard InChI is InChI=1S/C8H18N4O/c1-11-4-6-12(7-5-11)3-2-8(9)10-13/h13H,2-7H2,1H3,(H2,9,10). The number of oxime groups is 1. The molecule has 0 aromatic rings. The van der Waals surface area contributed by atoms with Gasteiger partial charge < -0.3 is 20.7 Å². The normalized spacial score (nSPS) is 22.1. The summed E-state index contributed by atoms with van der Waals surface area (Å²) >= 11 is 0. The lowest BCUT2D eigenvalue weighted by Crippen LogP contribution is -2.45. The molecule has 0 spiro atoms. The molecule has 0 atom stereocenters. The van der Waals surface area contributed by atoms with E-state index in [9.17, 15) is 0 Å². The lowest BCUT2D eigenvalue weighted by Gasteiger charge is -2.32. The molecule has 1 heterocycles. The Balaban J connectivity index is 2.16. The van der Waals surface area contributed by atoms with E-state index >= 15 is 0 Å². The summed E-state index contributed by atoms with van der Waals surface area (Å²) in [5.74, 6) is 0.318. The summed E-state index contributed by atoms with van der Waals surface area (Å²) in [6, 6.07) is 0. The van der Waals surface area contributed by atoms with Crippen molar-refractivity contribution in [1.82, 2.24) is 9.80 Å². The van der Waals surface area contributed by atoms with Gasteiger partial charge >= 0.3 is 0 Å². The van der Waals surface area contributed by atoms with Crippen LogP contribution in [0.15, 0.2) is 5.16 Å². The third-order valence-electron chi connectivity index (χ3n) is 2.41. The zero-order valence-corrected chi connectivity index (χ0v) is 8.11. The summed E-state index contributed by atoms with van der Waals surface area (Å²) in [6.07, 6.45) is 0.653. The van der Waals surface area contributed by atoms with E-state index in [0.717, 1.165) is 32.7 Å². The molecule has 0 aromatic heterocycles. The van der Waals surface area contributed by atoms with Gasteiger partial charge in [-0.05, 0) is 7.05 Å². The second kappa shape index (κ2) is 5.04. The van der Waals surface area contributed by atoms with Crippen LogP contribution in [0.1, 0.15) is 6.42 Å². The Morgan fingerprint density at radius 1 is 1.38 bits per heavy atom. The third kappa shape index (κ3) is 3.61. The number of nitrogens with two attached hydrogens (primary N) is 1. The van der Waals surface area contributed by atoms with E-state index in [4.69, 9.17) is 10.9 Å². The lowest BCUT2D eigenvalue weighted by molar-refractivity contribution is 0.157. The van der Waals surface area contributed by atoms with Gasteiger partial charge in [0.2, 0.25) is 0 Å². The molecule has 5 nitrogen and oxygen atoms in total. The topological polar surface area (TPSA) is 65.1 Å². The van der Waals surface area contributed by atoms with Crippen molar-refractivity contribution >= 4 is 5.84 Å². The second-order valence-corrected chi connectivity index (χ2v) is 3.49. The summed E-state index contributed by atoms with van der Waals surface area (Å²) in [4.78, 5) is 4.64. The Kier molecular flexibility index (Phi) is 3.98. The second-order valence-electron chi connectivity index (χ2n) is 3.49. The molecule has 1 aliphatic heterocycles. The predicted molar refractivity (Wildman–Crippen MR) is 52.0 cm³/mol. The van der Waals surface area contributed by atoms with Gasteiger partial charge in [-0.2, -0.15) is 0 Å². The first kappa shape index (κ1) is 10.3. The van der Waals surface area contributed by atoms with E-state index < -0.39 is 0 Å². The van der Waals surface area contributed by atoms with Crippen LogP contribution in [-0.2, 0) is 0 Å². The van der Waals surface area contributed by atoms with Gasteiger partial charge in [0.05, 0.1) is 0 Å². The molecule has 0 bridgehead atoms. The Hall–Kier alpha value is -0.810. The summed E-state index contributed by atoms with van der Waals surface area (Å²) < 4.78 is 0. The SMILES string of the molecule is CN1CCN(CC/C(N)=N\O)CC1. The molecule has 1 aliphatic rings. The van der Waals surface area contributed by atoms with Crippen molar-refractivity contribution in [3.63, 3.8) is 0 Å². The van der Waals surface area contributed by atoms with Gasteiger partial charge in [-0.25, -0.2) is 0 Å². The number of likely N-dealkylation sites (N-methyl/N-ethyl adjacent to an activating group) is 1. The largest absolute Gasteiger partial charge is 0.409 e. The number of amidine groups is 1.